The molecular formula is C20H8F34Te. The number of rotatable bonds is 18. The summed E-state index contributed by atoms with van der Waals surface area (Å²) in [6.45, 7) is 0. The van der Waals surface area contributed by atoms with Crippen LogP contribution in [0.3, 0.4) is 0 Å². The van der Waals surface area contributed by atoms with Gasteiger partial charge in [-0.15, -0.1) is 0 Å². The molecule has 0 rings (SSSR count). The average molecular weight is 1020 g/mol. The van der Waals surface area contributed by atoms with Gasteiger partial charge < -0.3 is 0 Å². The Morgan fingerprint density at radius 3 is 0.509 bits per heavy atom. The van der Waals surface area contributed by atoms with Crippen molar-refractivity contribution >= 4 is 20.9 Å². The van der Waals surface area contributed by atoms with Crippen LogP contribution in [0.5, 0.6) is 0 Å². The van der Waals surface area contributed by atoms with Crippen LogP contribution in [0.4, 0.5) is 149 Å². The molecule has 0 aromatic rings. The Labute approximate surface area is 288 Å². The van der Waals surface area contributed by atoms with Crippen molar-refractivity contribution in [2.75, 3.05) is 0 Å². The van der Waals surface area contributed by atoms with Crippen molar-refractivity contribution in [2.24, 2.45) is 0 Å². The first-order valence-corrected chi connectivity index (χ1v) is 15.5. The van der Waals surface area contributed by atoms with E-state index < -0.39 is 138 Å². The second kappa shape index (κ2) is 14.0. The molecule has 35 heteroatoms. The van der Waals surface area contributed by atoms with Crippen LogP contribution in [-0.4, -0.2) is 116 Å². The molecule has 55 heavy (non-hydrogen) atoms. The van der Waals surface area contributed by atoms with E-state index in [0.29, 0.717) is 0 Å². The van der Waals surface area contributed by atoms with Crippen LogP contribution in [-0.2, 0) is 0 Å². The average Bonchev–Trinajstić information content (AvgIpc) is 2.94. The van der Waals surface area contributed by atoms with Crippen molar-refractivity contribution in [3.8, 4) is 0 Å². The summed E-state index contributed by atoms with van der Waals surface area (Å²) in [4.78, 5) is 0. The molecule has 0 unspecified atom stereocenters. The summed E-state index contributed by atoms with van der Waals surface area (Å²) in [6.07, 6.45) is -22.9. The Hall–Kier alpha value is -1.59. The van der Waals surface area contributed by atoms with Crippen molar-refractivity contribution in [1.29, 1.82) is 0 Å². The Morgan fingerprint density at radius 2 is 0.345 bits per heavy atom. The molecule has 0 aliphatic carbocycles. The number of hydrogen-bond acceptors (Lipinski definition) is 0. The van der Waals surface area contributed by atoms with Crippen LogP contribution in [0, 0.1) is 0 Å². The summed E-state index contributed by atoms with van der Waals surface area (Å²) in [6, 6.07) is 0. The fraction of sp³-hybridized carbons (Fsp3) is 1.00. The molecule has 0 radical (unpaired) electrons. The fourth-order valence-electron chi connectivity index (χ4n) is 3.21. The summed E-state index contributed by atoms with van der Waals surface area (Å²) in [5, 5.41) is 0. The van der Waals surface area contributed by atoms with E-state index in [9.17, 15) is 149 Å². The van der Waals surface area contributed by atoms with Crippen molar-refractivity contribution in [1.82, 2.24) is 0 Å². The SMILES string of the molecule is FC(F)(F)C(F)(F)C(F)(F)C(F)(F)C(F)(F)C(F)(F)C(F)(F)C(F)(F)CC[Te]CCC(F)(F)C(F)(F)C(F)(F)C(F)(F)C(F)(F)C(F)(F)C(F)(F)C(F)(F)F. The van der Waals surface area contributed by atoms with Gasteiger partial charge in [0.15, 0.2) is 0 Å². The van der Waals surface area contributed by atoms with Gasteiger partial charge in [-0.1, -0.05) is 0 Å². The van der Waals surface area contributed by atoms with Crippen LogP contribution in [0.2, 0.25) is 8.94 Å². The Bertz CT molecular complexity index is 1230. The van der Waals surface area contributed by atoms with Crippen molar-refractivity contribution in [3.63, 3.8) is 0 Å². The zero-order valence-electron chi connectivity index (χ0n) is 24.1. The van der Waals surface area contributed by atoms with Gasteiger partial charge in [-0.05, 0) is 0 Å². The van der Waals surface area contributed by atoms with Gasteiger partial charge in [-0.3, -0.25) is 0 Å². The van der Waals surface area contributed by atoms with Crippen molar-refractivity contribution in [2.45, 2.75) is 117 Å². The van der Waals surface area contributed by atoms with Crippen LogP contribution in [0.25, 0.3) is 0 Å². The normalized spacial score (nSPS) is 16.9. The molecule has 0 bridgehead atoms. The molecule has 0 aromatic carbocycles. The summed E-state index contributed by atoms with van der Waals surface area (Å²) < 4.78 is 445. The van der Waals surface area contributed by atoms with Crippen LogP contribution < -0.4 is 0 Å². The third-order valence-electron chi connectivity index (χ3n) is 6.69. The first-order chi connectivity index (χ1) is 23.2. The summed E-state index contributed by atoms with van der Waals surface area (Å²) in [7, 11) is 0. The zero-order chi connectivity index (χ0) is 45.5. The van der Waals surface area contributed by atoms with Gasteiger partial charge in [-0.25, -0.2) is 0 Å². The number of halogens is 34. The fourth-order valence-corrected chi connectivity index (χ4v) is 6.08. The molecule has 0 N–H and O–H groups in total. The maximum absolute atomic E-state index is 13.8. The third kappa shape index (κ3) is 7.37. The molecule has 0 atom stereocenters. The third-order valence-corrected chi connectivity index (χ3v) is 9.51. The Balaban J connectivity index is 6.33. The van der Waals surface area contributed by atoms with Crippen LogP contribution >= 0.6 is 0 Å². The van der Waals surface area contributed by atoms with Gasteiger partial charge in [0.25, 0.3) is 0 Å². The predicted molar refractivity (Wildman–Crippen MR) is 106 cm³/mol. The molecule has 0 aliphatic heterocycles. The van der Waals surface area contributed by atoms with E-state index >= 15 is 0 Å². The van der Waals surface area contributed by atoms with Gasteiger partial charge in [-0.2, -0.15) is 0 Å². The topological polar surface area (TPSA) is 0 Å². The zero-order valence-corrected chi connectivity index (χ0v) is 26.4. The summed E-state index contributed by atoms with van der Waals surface area (Å²) >= 11 is -3.57. The van der Waals surface area contributed by atoms with Crippen molar-refractivity contribution in [3.05, 3.63) is 0 Å². The van der Waals surface area contributed by atoms with Gasteiger partial charge >= 0.3 is 287 Å². The predicted octanol–water partition coefficient (Wildman–Crippen LogP) is 12.3. The van der Waals surface area contributed by atoms with Gasteiger partial charge in [0.2, 0.25) is 0 Å². The molecule has 0 spiro atoms. The van der Waals surface area contributed by atoms with E-state index in [1.165, 1.54) is 0 Å². The molecule has 0 amide bonds. The molecule has 0 aliphatic rings. The van der Waals surface area contributed by atoms with E-state index in [1.54, 1.807) is 0 Å². The van der Waals surface area contributed by atoms with Gasteiger partial charge in [0, 0.05) is 0 Å². The molecule has 0 heterocycles. The second-order valence-corrected chi connectivity index (χ2v) is 13.9. The van der Waals surface area contributed by atoms with E-state index in [1.807, 2.05) is 0 Å². The molecule has 0 fully saturated rings. The second-order valence-electron chi connectivity index (χ2n) is 10.4. The van der Waals surface area contributed by atoms with E-state index in [-0.39, 0.29) is 0 Å². The summed E-state index contributed by atoms with van der Waals surface area (Å²) in [5.74, 6) is -120. The summed E-state index contributed by atoms with van der Waals surface area (Å²) in [5.41, 5.74) is 0. The number of hydrogen-bond donors (Lipinski definition) is 0. The molecule has 0 saturated carbocycles. The standard InChI is InChI=1S/C20H8F34Te/c21-5(22,7(25,26)9(29,30)11(33,34)13(37,38)15(41,42)17(45,46)19(49,50)51)1-3-55-4-2-6(23,24)8(27,28)10(31,32)12(35,36)14(39,40)16(43,44)18(47,48)20(52,53)54/h1-4H2. The molecule has 0 nitrogen and oxygen atoms in total. The minimum absolute atomic E-state index is 2.31. The molecule has 0 saturated heterocycles. The first kappa shape index (κ1) is 53.4. The molecule has 0 aromatic heterocycles. The van der Waals surface area contributed by atoms with Crippen molar-refractivity contribution < 1.29 is 149 Å². The number of alkyl halides is 34. The monoisotopic (exact) mass is 1020 g/mol. The maximum atomic E-state index is 13.8. The Morgan fingerprint density at radius 1 is 0.200 bits per heavy atom. The van der Waals surface area contributed by atoms with E-state index in [4.69, 9.17) is 0 Å². The minimum atomic E-state index is -9.05. The molecule has 332 valence electrons. The first-order valence-electron chi connectivity index (χ1n) is 12.2. The van der Waals surface area contributed by atoms with E-state index in [0.717, 1.165) is 0 Å². The van der Waals surface area contributed by atoms with Gasteiger partial charge in [0.1, 0.15) is 0 Å². The Kier molecular flexibility index (Phi) is 13.6. The van der Waals surface area contributed by atoms with Crippen LogP contribution in [0.1, 0.15) is 12.8 Å². The quantitative estimate of drug-likeness (QED) is 0.0729. The van der Waals surface area contributed by atoms with E-state index in [2.05, 4.69) is 0 Å². The molecular weight excluding hydrogens is 1010 g/mol. The van der Waals surface area contributed by atoms with Gasteiger partial charge in [0.05, 0.1) is 0 Å². The van der Waals surface area contributed by atoms with Crippen LogP contribution in [0.15, 0.2) is 0 Å².